The number of hydrogen-bond donors (Lipinski definition) is 2. The highest BCUT2D eigenvalue weighted by atomic mass is 16.5. The Morgan fingerprint density at radius 3 is 2.32 bits per heavy atom. The standard InChI is InChI=1S/C21H28N2O2/c1-22-11-13-23(14-12-22)15-16-24-17-18-25-21-10-6-5-9-20(21)19-7-3-2-4-8-19/h2-10H,11-18H2,1H3/p+2. The smallest absolute Gasteiger partial charge is 0.127 e. The van der Waals surface area contributed by atoms with Gasteiger partial charge in [-0.25, -0.2) is 0 Å². The van der Waals surface area contributed by atoms with Crippen LogP contribution in [0.3, 0.4) is 0 Å². The van der Waals surface area contributed by atoms with Crippen molar-refractivity contribution in [2.75, 3.05) is 59.6 Å². The molecule has 1 saturated heterocycles. The van der Waals surface area contributed by atoms with Crippen LogP contribution in [0.4, 0.5) is 0 Å². The molecule has 0 amide bonds. The number of hydrogen-bond acceptors (Lipinski definition) is 2. The zero-order valence-electron chi connectivity index (χ0n) is 15.2. The molecule has 3 rings (SSSR count). The minimum absolute atomic E-state index is 0.589. The second-order valence-electron chi connectivity index (χ2n) is 6.78. The quantitative estimate of drug-likeness (QED) is 0.669. The molecule has 25 heavy (non-hydrogen) atoms. The molecule has 2 aromatic carbocycles. The van der Waals surface area contributed by atoms with Crippen LogP contribution in [0.15, 0.2) is 54.6 Å². The maximum Gasteiger partial charge on any atom is 0.127 e. The number of piperazine rings is 1. The molecule has 0 bridgehead atoms. The lowest BCUT2D eigenvalue weighted by Gasteiger charge is -2.27. The van der Waals surface area contributed by atoms with Crippen molar-refractivity contribution in [1.82, 2.24) is 0 Å². The first-order chi connectivity index (χ1) is 12.3. The van der Waals surface area contributed by atoms with E-state index in [0.29, 0.717) is 13.2 Å². The van der Waals surface area contributed by atoms with Gasteiger partial charge in [0.1, 0.15) is 45.1 Å². The van der Waals surface area contributed by atoms with Gasteiger partial charge < -0.3 is 19.3 Å². The third kappa shape index (κ3) is 5.56. The van der Waals surface area contributed by atoms with Crippen molar-refractivity contribution in [1.29, 1.82) is 0 Å². The van der Waals surface area contributed by atoms with Crippen LogP contribution in [0.25, 0.3) is 11.1 Å². The highest BCUT2D eigenvalue weighted by Crippen LogP contribution is 2.29. The van der Waals surface area contributed by atoms with Crippen molar-refractivity contribution in [3.05, 3.63) is 54.6 Å². The molecule has 134 valence electrons. The zero-order valence-corrected chi connectivity index (χ0v) is 15.2. The molecule has 0 spiro atoms. The van der Waals surface area contributed by atoms with Crippen LogP contribution in [0.2, 0.25) is 0 Å². The van der Waals surface area contributed by atoms with Crippen LogP contribution >= 0.6 is 0 Å². The minimum atomic E-state index is 0.589. The van der Waals surface area contributed by atoms with Crippen LogP contribution in [0.5, 0.6) is 5.75 Å². The number of para-hydroxylation sites is 1. The minimum Gasteiger partial charge on any atom is -0.491 e. The Hall–Kier alpha value is -1.88. The molecule has 4 nitrogen and oxygen atoms in total. The first-order valence-corrected chi connectivity index (χ1v) is 9.33. The van der Waals surface area contributed by atoms with Gasteiger partial charge in [-0.3, -0.25) is 0 Å². The van der Waals surface area contributed by atoms with Crippen molar-refractivity contribution in [3.8, 4) is 16.9 Å². The zero-order chi connectivity index (χ0) is 17.3. The number of rotatable bonds is 8. The van der Waals surface area contributed by atoms with Crippen molar-refractivity contribution >= 4 is 0 Å². The summed E-state index contributed by atoms with van der Waals surface area (Å²) in [7, 11) is 2.28. The van der Waals surface area contributed by atoms with E-state index in [1.54, 1.807) is 9.80 Å². The summed E-state index contributed by atoms with van der Waals surface area (Å²) in [4.78, 5) is 3.32. The van der Waals surface area contributed by atoms with Crippen LogP contribution in [-0.4, -0.2) is 59.6 Å². The lowest BCUT2D eigenvalue weighted by molar-refractivity contribution is -1.00. The Bertz CT molecular complexity index is 625. The van der Waals surface area contributed by atoms with Crippen LogP contribution in [0, 0.1) is 0 Å². The summed E-state index contributed by atoms with van der Waals surface area (Å²) in [6.45, 7) is 8.22. The average Bonchev–Trinajstić information content (AvgIpc) is 2.67. The Balaban J connectivity index is 1.38. The van der Waals surface area contributed by atoms with Crippen molar-refractivity contribution in [2.24, 2.45) is 0 Å². The van der Waals surface area contributed by atoms with Crippen molar-refractivity contribution in [3.63, 3.8) is 0 Å². The van der Waals surface area contributed by atoms with E-state index in [-0.39, 0.29) is 0 Å². The Morgan fingerprint density at radius 2 is 1.52 bits per heavy atom. The Kier molecular flexibility index (Phi) is 6.86. The van der Waals surface area contributed by atoms with E-state index < -0.39 is 0 Å². The average molecular weight is 342 g/mol. The fourth-order valence-corrected chi connectivity index (χ4v) is 3.26. The van der Waals surface area contributed by atoms with Gasteiger partial charge in [-0.1, -0.05) is 48.5 Å². The Morgan fingerprint density at radius 1 is 0.800 bits per heavy atom. The molecule has 2 N–H and O–H groups in total. The topological polar surface area (TPSA) is 27.3 Å². The van der Waals surface area contributed by atoms with E-state index in [4.69, 9.17) is 9.47 Å². The molecule has 1 heterocycles. The number of quaternary nitrogens is 2. The molecule has 0 unspecified atom stereocenters. The molecule has 1 aliphatic heterocycles. The van der Waals surface area contributed by atoms with Gasteiger partial charge in [0.15, 0.2) is 0 Å². The van der Waals surface area contributed by atoms with Crippen molar-refractivity contribution in [2.45, 2.75) is 0 Å². The molecule has 0 radical (unpaired) electrons. The summed E-state index contributed by atoms with van der Waals surface area (Å²) in [5.41, 5.74) is 2.31. The predicted molar refractivity (Wildman–Crippen MR) is 100 cm³/mol. The fraction of sp³-hybridized carbons (Fsp3) is 0.429. The van der Waals surface area contributed by atoms with Gasteiger partial charge in [0, 0.05) is 5.56 Å². The first-order valence-electron chi connectivity index (χ1n) is 9.33. The summed E-state index contributed by atoms with van der Waals surface area (Å²) in [6.07, 6.45) is 0. The van der Waals surface area contributed by atoms with Gasteiger partial charge in [-0.15, -0.1) is 0 Å². The summed E-state index contributed by atoms with van der Waals surface area (Å²) < 4.78 is 11.7. The summed E-state index contributed by atoms with van der Waals surface area (Å²) in [5, 5.41) is 0. The first kappa shape index (κ1) is 17.9. The van der Waals surface area contributed by atoms with E-state index in [2.05, 4.69) is 37.4 Å². The molecule has 4 heteroatoms. The molecule has 1 fully saturated rings. The van der Waals surface area contributed by atoms with Gasteiger partial charge in [-0.05, 0) is 11.6 Å². The maximum absolute atomic E-state index is 5.96. The highest BCUT2D eigenvalue weighted by molar-refractivity contribution is 5.70. The second kappa shape index (κ2) is 9.56. The molecule has 2 aromatic rings. The SMILES string of the molecule is C[NH+]1CC[NH+](CCOCCOc2ccccc2-c2ccccc2)CC1. The number of nitrogens with one attached hydrogen (secondary N) is 2. The molecule has 0 aliphatic carbocycles. The van der Waals surface area contributed by atoms with E-state index in [1.165, 1.54) is 31.7 Å². The highest BCUT2D eigenvalue weighted by Gasteiger charge is 2.19. The number of ether oxygens (including phenoxy) is 2. The van der Waals surface area contributed by atoms with Gasteiger partial charge in [0.2, 0.25) is 0 Å². The molecular weight excluding hydrogens is 312 g/mol. The van der Waals surface area contributed by atoms with E-state index in [0.717, 1.165) is 24.5 Å². The molecule has 0 atom stereocenters. The third-order valence-corrected chi connectivity index (χ3v) is 4.87. The summed E-state index contributed by atoms with van der Waals surface area (Å²) >= 11 is 0. The summed E-state index contributed by atoms with van der Waals surface area (Å²) in [6, 6.07) is 18.6. The fourth-order valence-electron chi connectivity index (χ4n) is 3.26. The number of benzene rings is 2. The summed E-state index contributed by atoms with van der Waals surface area (Å²) in [5.74, 6) is 0.921. The maximum atomic E-state index is 5.96. The van der Waals surface area contributed by atoms with E-state index >= 15 is 0 Å². The van der Waals surface area contributed by atoms with Crippen LogP contribution in [-0.2, 0) is 4.74 Å². The predicted octanol–water partition coefficient (Wildman–Crippen LogP) is 0.162. The normalized spacial score (nSPS) is 20.4. The van der Waals surface area contributed by atoms with E-state index in [9.17, 15) is 0 Å². The van der Waals surface area contributed by atoms with E-state index in [1.807, 2.05) is 24.3 Å². The largest absolute Gasteiger partial charge is 0.491 e. The monoisotopic (exact) mass is 342 g/mol. The van der Waals surface area contributed by atoms with Crippen LogP contribution in [0.1, 0.15) is 0 Å². The third-order valence-electron chi connectivity index (χ3n) is 4.87. The van der Waals surface area contributed by atoms with Crippen molar-refractivity contribution < 1.29 is 19.3 Å². The molecule has 0 saturated carbocycles. The second-order valence-corrected chi connectivity index (χ2v) is 6.78. The van der Waals surface area contributed by atoms with Gasteiger partial charge >= 0.3 is 0 Å². The molecule has 0 aromatic heterocycles. The lowest BCUT2D eigenvalue weighted by Crippen LogP contribution is -3.27. The van der Waals surface area contributed by atoms with Gasteiger partial charge in [0.05, 0.1) is 20.3 Å². The lowest BCUT2D eigenvalue weighted by atomic mass is 10.1. The van der Waals surface area contributed by atoms with Gasteiger partial charge in [0.25, 0.3) is 0 Å². The van der Waals surface area contributed by atoms with Gasteiger partial charge in [-0.2, -0.15) is 0 Å². The molecule has 1 aliphatic rings. The molecular formula is C21H30N2O2+2. The number of likely N-dealkylation sites (N-methyl/N-ethyl adjacent to an activating group) is 1. The van der Waals surface area contributed by atoms with Crippen LogP contribution < -0.4 is 14.5 Å². The Labute approximate surface area is 151 Å².